The monoisotopic (exact) mass is 623 g/mol. The molecule has 0 aromatic rings. The highest BCUT2D eigenvalue weighted by molar-refractivity contribution is 5.95. The maximum Gasteiger partial charge on any atom is 0.328 e. The van der Waals surface area contributed by atoms with E-state index in [0.717, 1.165) is 32.1 Å². The van der Waals surface area contributed by atoms with Crippen molar-refractivity contribution in [1.29, 1.82) is 0 Å². The van der Waals surface area contributed by atoms with E-state index in [1.54, 1.807) is 13.8 Å². The summed E-state index contributed by atoms with van der Waals surface area (Å²) in [5, 5.41) is 13.1. The maximum absolute atomic E-state index is 13.2. The third-order valence-electron chi connectivity index (χ3n) is 7.82. The molecule has 252 valence electrons. The van der Waals surface area contributed by atoms with Gasteiger partial charge in [0.1, 0.15) is 30.3 Å². The van der Waals surface area contributed by atoms with Gasteiger partial charge in [-0.3, -0.25) is 24.0 Å². The van der Waals surface area contributed by atoms with Gasteiger partial charge >= 0.3 is 5.97 Å². The Bertz CT molecular complexity index is 971. The van der Waals surface area contributed by atoms with E-state index in [0.29, 0.717) is 6.42 Å². The minimum atomic E-state index is -1.04. The molecular weight excluding hydrogens is 566 g/mol. The summed E-state index contributed by atoms with van der Waals surface area (Å²) in [4.78, 5) is 78.0. The molecule has 0 aliphatic carbocycles. The molecule has 1 aliphatic heterocycles. The first kappa shape index (κ1) is 38.8. The fourth-order valence-electron chi connectivity index (χ4n) is 4.98. The third-order valence-corrected chi connectivity index (χ3v) is 7.82. The Hall–Kier alpha value is -3.18. The summed E-state index contributed by atoms with van der Waals surface area (Å²) in [6, 6.07) is -3.98. The zero-order valence-corrected chi connectivity index (χ0v) is 28.0. The lowest BCUT2D eigenvalue weighted by Crippen LogP contribution is -2.58. The predicted molar refractivity (Wildman–Crippen MR) is 168 cm³/mol. The van der Waals surface area contributed by atoms with Crippen LogP contribution in [0.4, 0.5) is 0 Å². The number of hydrogen-bond acceptors (Lipinski definition) is 7. The maximum atomic E-state index is 13.2. The molecule has 5 N–H and O–H groups in total. The van der Waals surface area contributed by atoms with Crippen molar-refractivity contribution in [3.05, 3.63) is 0 Å². The molecule has 1 aliphatic rings. The number of cyclic esters (lactones) is 1. The van der Waals surface area contributed by atoms with Crippen molar-refractivity contribution in [2.45, 2.75) is 143 Å². The minimum Gasteiger partial charge on any atom is -0.460 e. The van der Waals surface area contributed by atoms with E-state index >= 15 is 0 Å². The number of amides is 5. The molecule has 0 bridgehead atoms. The molecule has 1 heterocycles. The minimum absolute atomic E-state index is 0.0327. The largest absolute Gasteiger partial charge is 0.460 e. The van der Waals surface area contributed by atoms with Crippen LogP contribution >= 0.6 is 0 Å². The zero-order chi connectivity index (χ0) is 33.4. The van der Waals surface area contributed by atoms with Gasteiger partial charge in [-0.25, -0.2) is 4.79 Å². The third kappa shape index (κ3) is 14.5. The van der Waals surface area contributed by atoms with Gasteiger partial charge in [-0.05, 0) is 44.4 Å². The van der Waals surface area contributed by atoms with Gasteiger partial charge in [-0.1, -0.05) is 80.1 Å². The zero-order valence-electron chi connectivity index (χ0n) is 28.0. The van der Waals surface area contributed by atoms with Crippen molar-refractivity contribution in [1.82, 2.24) is 26.6 Å². The molecule has 1 saturated heterocycles. The van der Waals surface area contributed by atoms with Gasteiger partial charge in [0, 0.05) is 0 Å². The van der Waals surface area contributed by atoms with Crippen LogP contribution in [0.5, 0.6) is 0 Å². The van der Waals surface area contributed by atoms with E-state index in [2.05, 4.69) is 33.5 Å². The molecular formula is C32H57N5O7. The quantitative estimate of drug-likeness (QED) is 0.174. The van der Waals surface area contributed by atoms with Gasteiger partial charge in [-0.2, -0.15) is 0 Å². The summed E-state index contributed by atoms with van der Waals surface area (Å²) in [6.45, 7) is 14.0. The number of hydrogen-bond donors (Lipinski definition) is 5. The van der Waals surface area contributed by atoms with Gasteiger partial charge in [-0.15, -0.1) is 0 Å². The Kier molecular flexibility index (Phi) is 17.6. The highest BCUT2D eigenvalue weighted by Crippen LogP contribution is 2.20. The molecule has 0 saturated carbocycles. The molecule has 6 atom stereocenters. The molecule has 12 heteroatoms. The molecule has 0 aromatic carbocycles. The summed E-state index contributed by atoms with van der Waals surface area (Å²) in [5.41, 5.74) is 0. The Morgan fingerprint density at radius 3 is 1.95 bits per heavy atom. The topological polar surface area (TPSA) is 172 Å². The van der Waals surface area contributed by atoms with E-state index in [4.69, 9.17) is 4.74 Å². The van der Waals surface area contributed by atoms with Crippen molar-refractivity contribution in [2.75, 3.05) is 6.54 Å². The average molecular weight is 624 g/mol. The molecule has 5 amide bonds. The first-order valence-electron chi connectivity index (χ1n) is 16.3. The summed E-state index contributed by atoms with van der Waals surface area (Å²) in [7, 11) is 0. The summed E-state index contributed by atoms with van der Waals surface area (Å²) in [5.74, 6) is -3.89. The first-order valence-corrected chi connectivity index (χ1v) is 16.3. The highest BCUT2D eigenvalue weighted by Gasteiger charge is 2.32. The Labute approximate surface area is 263 Å². The number of carbonyl (C=O) groups is 6. The SMILES string of the molecule is CCCCCCCC[C@H](C)[C@@H]1CC(=O)NCC(=O)N[C@@H](C(C)C)C(=O)N[C@@H](CC(C)C)C(=O)N[C@@H](C)C(=O)N[C@@H](C)C(=O)O1. The second-order valence-corrected chi connectivity index (χ2v) is 12.9. The van der Waals surface area contributed by atoms with Gasteiger partial charge in [0.2, 0.25) is 29.5 Å². The van der Waals surface area contributed by atoms with Crippen LogP contribution in [0.3, 0.4) is 0 Å². The van der Waals surface area contributed by atoms with E-state index in [1.165, 1.54) is 26.7 Å². The van der Waals surface area contributed by atoms with Gasteiger partial charge in [0.05, 0.1) is 13.0 Å². The number of ether oxygens (including phenoxy) is 1. The van der Waals surface area contributed by atoms with Crippen molar-refractivity contribution in [3.8, 4) is 0 Å². The van der Waals surface area contributed by atoms with E-state index < -0.39 is 65.8 Å². The molecule has 12 nitrogen and oxygen atoms in total. The number of carbonyl (C=O) groups excluding carboxylic acids is 6. The van der Waals surface area contributed by atoms with Crippen molar-refractivity contribution < 1.29 is 33.5 Å². The van der Waals surface area contributed by atoms with Gasteiger partial charge in [0.15, 0.2) is 0 Å². The van der Waals surface area contributed by atoms with E-state index in [-0.39, 0.29) is 30.7 Å². The molecule has 44 heavy (non-hydrogen) atoms. The van der Waals surface area contributed by atoms with Gasteiger partial charge in [0.25, 0.3) is 0 Å². The van der Waals surface area contributed by atoms with Crippen LogP contribution in [0, 0.1) is 17.8 Å². The summed E-state index contributed by atoms with van der Waals surface area (Å²) in [6.07, 6.45) is 6.69. The van der Waals surface area contributed by atoms with Gasteiger partial charge < -0.3 is 31.3 Å². The highest BCUT2D eigenvalue weighted by atomic mass is 16.5. The van der Waals surface area contributed by atoms with Crippen LogP contribution in [0.25, 0.3) is 0 Å². The molecule has 0 spiro atoms. The molecule has 0 radical (unpaired) electrons. The Balaban J connectivity index is 3.20. The summed E-state index contributed by atoms with van der Waals surface area (Å²) < 4.78 is 5.75. The lowest BCUT2D eigenvalue weighted by Gasteiger charge is -2.27. The molecule has 0 unspecified atom stereocenters. The predicted octanol–water partition coefficient (Wildman–Crippen LogP) is 2.49. The average Bonchev–Trinajstić information content (AvgIpc) is 2.94. The van der Waals surface area contributed by atoms with Crippen LogP contribution in [-0.2, 0) is 33.5 Å². The molecule has 1 rings (SSSR count). The van der Waals surface area contributed by atoms with Crippen LogP contribution in [-0.4, -0.2) is 72.3 Å². The van der Waals surface area contributed by atoms with Crippen molar-refractivity contribution in [2.24, 2.45) is 17.8 Å². The number of nitrogens with one attached hydrogen (secondary N) is 5. The smallest absolute Gasteiger partial charge is 0.328 e. The number of rotatable bonds is 11. The van der Waals surface area contributed by atoms with Crippen molar-refractivity contribution >= 4 is 35.5 Å². The summed E-state index contributed by atoms with van der Waals surface area (Å²) >= 11 is 0. The number of esters is 1. The molecule has 1 fully saturated rings. The normalized spacial score (nSPS) is 25.9. The molecule has 0 aromatic heterocycles. The second-order valence-electron chi connectivity index (χ2n) is 12.9. The van der Waals surface area contributed by atoms with Crippen LogP contribution in [0.2, 0.25) is 0 Å². The Morgan fingerprint density at radius 1 is 0.727 bits per heavy atom. The van der Waals surface area contributed by atoms with Crippen LogP contribution in [0.1, 0.15) is 113 Å². The lowest BCUT2D eigenvalue weighted by molar-refractivity contribution is -0.156. The van der Waals surface area contributed by atoms with E-state index in [9.17, 15) is 28.8 Å². The first-order chi connectivity index (χ1) is 20.7. The van der Waals surface area contributed by atoms with Crippen LogP contribution < -0.4 is 26.6 Å². The van der Waals surface area contributed by atoms with Crippen LogP contribution in [0.15, 0.2) is 0 Å². The van der Waals surface area contributed by atoms with Crippen molar-refractivity contribution in [3.63, 3.8) is 0 Å². The van der Waals surface area contributed by atoms with E-state index in [1.807, 2.05) is 20.8 Å². The Morgan fingerprint density at radius 2 is 1.34 bits per heavy atom. The lowest BCUT2D eigenvalue weighted by atomic mass is 9.94. The fraction of sp³-hybridized carbons (Fsp3) is 0.812. The standard InChI is InChI=1S/C32H57N5O7/c1-9-10-11-12-13-14-15-21(6)25-17-26(38)33-18-27(39)37-28(20(4)5)31(42)36-24(16-19(2)3)30(41)34-22(7)29(40)35-23(8)32(43)44-25/h19-25,28H,9-18H2,1-8H3,(H,33,38)(H,34,41)(H,35,40)(H,36,42)(H,37,39)/t21-,22-,23-,24-,25-,28-/m0/s1. The number of unbranched alkanes of at least 4 members (excludes halogenated alkanes) is 5. The second kappa shape index (κ2) is 20.0. The fourth-order valence-corrected chi connectivity index (χ4v) is 4.98.